The van der Waals surface area contributed by atoms with Crippen LogP contribution in [-0.2, 0) is 20.5 Å². The van der Waals surface area contributed by atoms with Gasteiger partial charge in [-0.25, -0.2) is 4.98 Å². The largest absolute Gasteiger partial charge is 0.337 e. The highest BCUT2D eigenvalue weighted by Crippen LogP contribution is 2.23. The normalized spacial score (nSPS) is 17.1. The third kappa shape index (κ3) is 3.69. The lowest BCUT2D eigenvalue weighted by atomic mass is 9.91. The topological polar surface area (TPSA) is 68.8 Å². The third-order valence-corrected chi connectivity index (χ3v) is 5.57. The number of nitrogens with zero attached hydrogens (tertiary/aromatic N) is 6. The lowest BCUT2D eigenvalue weighted by molar-refractivity contribution is 0.0666. The van der Waals surface area contributed by atoms with E-state index in [2.05, 4.69) is 27.2 Å². The van der Waals surface area contributed by atoms with Gasteiger partial charge >= 0.3 is 0 Å². The molecule has 1 saturated heterocycles. The molecule has 146 valence electrons. The van der Waals surface area contributed by atoms with Crippen LogP contribution in [-0.4, -0.2) is 48.2 Å². The second-order valence-corrected chi connectivity index (χ2v) is 7.64. The standard InChI is InChI=1S/C21H26N6O/c1-15-22-13-20(26(15)3)18-7-6-16(12-23-18)11-17-5-4-9-27(14-17)21(28)19-8-10-25(2)24-19/h6-8,10,12-13,17H,4-5,9,11,14H2,1-3H3/t17-/m0/s1. The average molecular weight is 378 g/mol. The van der Waals surface area contributed by atoms with Crippen molar-refractivity contribution in [3.8, 4) is 11.4 Å². The van der Waals surface area contributed by atoms with Crippen molar-refractivity contribution in [2.24, 2.45) is 20.0 Å². The van der Waals surface area contributed by atoms with Crippen molar-refractivity contribution in [3.63, 3.8) is 0 Å². The predicted molar refractivity (Wildman–Crippen MR) is 107 cm³/mol. The molecule has 1 atom stereocenters. The van der Waals surface area contributed by atoms with Crippen LogP contribution in [0.2, 0.25) is 0 Å². The smallest absolute Gasteiger partial charge is 0.274 e. The zero-order valence-corrected chi connectivity index (χ0v) is 16.7. The van der Waals surface area contributed by atoms with Crippen LogP contribution in [0.3, 0.4) is 0 Å². The summed E-state index contributed by atoms with van der Waals surface area (Å²) in [7, 11) is 3.84. The molecule has 0 aromatic carbocycles. The van der Waals surface area contributed by atoms with Gasteiger partial charge in [0.25, 0.3) is 5.91 Å². The maximum absolute atomic E-state index is 12.7. The molecule has 1 amide bonds. The molecule has 3 aromatic heterocycles. The van der Waals surface area contributed by atoms with Gasteiger partial charge in [-0.3, -0.25) is 14.5 Å². The van der Waals surface area contributed by atoms with Crippen molar-refractivity contribution in [1.82, 2.24) is 29.2 Å². The van der Waals surface area contributed by atoms with E-state index in [4.69, 9.17) is 0 Å². The Hall–Kier alpha value is -2.96. The Kier molecular flexibility index (Phi) is 4.98. The highest BCUT2D eigenvalue weighted by Gasteiger charge is 2.26. The van der Waals surface area contributed by atoms with E-state index in [1.54, 1.807) is 10.7 Å². The Balaban J connectivity index is 1.41. The van der Waals surface area contributed by atoms with Crippen LogP contribution in [0, 0.1) is 12.8 Å². The molecular formula is C21H26N6O. The first-order valence-corrected chi connectivity index (χ1v) is 9.74. The molecule has 1 fully saturated rings. The summed E-state index contributed by atoms with van der Waals surface area (Å²) < 4.78 is 3.72. The highest BCUT2D eigenvalue weighted by atomic mass is 16.2. The summed E-state index contributed by atoms with van der Waals surface area (Å²) in [5.74, 6) is 1.46. The van der Waals surface area contributed by atoms with E-state index in [1.807, 2.05) is 49.1 Å². The molecule has 4 heterocycles. The van der Waals surface area contributed by atoms with Crippen LogP contribution in [0.5, 0.6) is 0 Å². The van der Waals surface area contributed by atoms with Crippen LogP contribution in [0.4, 0.5) is 0 Å². The monoisotopic (exact) mass is 378 g/mol. The van der Waals surface area contributed by atoms with Gasteiger partial charge in [0.05, 0.1) is 17.6 Å². The molecule has 1 aliphatic heterocycles. The summed E-state index contributed by atoms with van der Waals surface area (Å²) in [5.41, 5.74) is 3.69. The van der Waals surface area contributed by atoms with Gasteiger partial charge in [-0.1, -0.05) is 6.07 Å². The van der Waals surface area contributed by atoms with Crippen LogP contribution in [0.15, 0.2) is 36.8 Å². The Bertz CT molecular complexity index is 971. The van der Waals surface area contributed by atoms with E-state index >= 15 is 0 Å². The number of imidazole rings is 1. The van der Waals surface area contributed by atoms with Gasteiger partial charge in [-0.2, -0.15) is 5.10 Å². The lowest BCUT2D eigenvalue weighted by Crippen LogP contribution is -2.40. The summed E-state index contributed by atoms with van der Waals surface area (Å²) in [5, 5.41) is 4.25. The maximum atomic E-state index is 12.7. The summed E-state index contributed by atoms with van der Waals surface area (Å²) in [6.45, 7) is 3.57. The SMILES string of the molecule is Cc1ncc(-c2ccc(C[C@@H]3CCCN(C(=O)c4ccn(C)n4)C3)cn2)n1C. The minimum atomic E-state index is 0.0327. The van der Waals surface area contributed by atoms with Gasteiger partial charge in [-0.05, 0) is 49.8 Å². The minimum Gasteiger partial charge on any atom is -0.337 e. The van der Waals surface area contributed by atoms with Gasteiger partial charge in [0.2, 0.25) is 0 Å². The van der Waals surface area contributed by atoms with E-state index in [1.165, 1.54) is 5.56 Å². The van der Waals surface area contributed by atoms with Gasteiger partial charge in [0, 0.05) is 39.6 Å². The number of piperidine rings is 1. The number of likely N-dealkylation sites (tertiary alicyclic amines) is 1. The number of amides is 1. The first-order chi connectivity index (χ1) is 13.5. The van der Waals surface area contributed by atoms with Gasteiger partial charge in [0.15, 0.2) is 0 Å². The molecule has 0 aliphatic carbocycles. The quantitative estimate of drug-likeness (QED) is 0.700. The zero-order valence-electron chi connectivity index (χ0n) is 16.7. The molecular weight excluding hydrogens is 352 g/mol. The predicted octanol–water partition coefficient (Wildman–Crippen LogP) is 2.62. The molecule has 0 saturated carbocycles. The molecule has 0 radical (unpaired) electrons. The summed E-state index contributed by atoms with van der Waals surface area (Å²) in [4.78, 5) is 23.6. The van der Waals surface area contributed by atoms with E-state index < -0.39 is 0 Å². The van der Waals surface area contributed by atoms with Crippen molar-refractivity contribution >= 4 is 5.91 Å². The van der Waals surface area contributed by atoms with Crippen LogP contribution in [0.25, 0.3) is 11.4 Å². The van der Waals surface area contributed by atoms with Crippen LogP contribution >= 0.6 is 0 Å². The fourth-order valence-electron chi connectivity index (χ4n) is 3.88. The fraction of sp³-hybridized carbons (Fsp3) is 0.429. The number of carbonyl (C=O) groups is 1. The second-order valence-electron chi connectivity index (χ2n) is 7.64. The average Bonchev–Trinajstić information content (AvgIpc) is 3.28. The number of aromatic nitrogens is 5. The van der Waals surface area contributed by atoms with Gasteiger partial charge in [0.1, 0.15) is 11.5 Å². The molecule has 0 spiro atoms. The molecule has 4 rings (SSSR count). The number of hydrogen-bond donors (Lipinski definition) is 0. The molecule has 0 unspecified atom stereocenters. The molecule has 0 bridgehead atoms. The first-order valence-electron chi connectivity index (χ1n) is 9.74. The zero-order chi connectivity index (χ0) is 19.7. The molecule has 0 N–H and O–H groups in total. The minimum absolute atomic E-state index is 0.0327. The lowest BCUT2D eigenvalue weighted by Gasteiger charge is -2.32. The van der Waals surface area contributed by atoms with E-state index in [0.717, 1.165) is 49.6 Å². The molecule has 7 heteroatoms. The van der Waals surface area contributed by atoms with Crippen molar-refractivity contribution in [1.29, 1.82) is 0 Å². The summed E-state index contributed by atoms with van der Waals surface area (Å²) in [6, 6.07) is 5.99. The van der Waals surface area contributed by atoms with Crippen molar-refractivity contribution in [3.05, 3.63) is 53.9 Å². The van der Waals surface area contributed by atoms with Crippen molar-refractivity contribution < 1.29 is 4.79 Å². The van der Waals surface area contributed by atoms with Crippen LogP contribution in [0.1, 0.15) is 34.7 Å². The number of hydrogen-bond acceptors (Lipinski definition) is 4. The maximum Gasteiger partial charge on any atom is 0.274 e. The Labute approximate surface area is 165 Å². The Morgan fingerprint density at radius 2 is 2.04 bits per heavy atom. The second kappa shape index (κ2) is 7.58. The summed E-state index contributed by atoms with van der Waals surface area (Å²) in [6.07, 6.45) is 8.73. The van der Waals surface area contributed by atoms with E-state index in [9.17, 15) is 4.79 Å². The summed E-state index contributed by atoms with van der Waals surface area (Å²) >= 11 is 0. The molecule has 28 heavy (non-hydrogen) atoms. The Morgan fingerprint density at radius 3 is 2.68 bits per heavy atom. The number of carbonyl (C=O) groups excluding carboxylic acids is 1. The van der Waals surface area contributed by atoms with Crippen molar-refractivity contribution in [2.45, 2.75) is 26.2 Å². The Morgan fingerprint density at radius 1 is 1.18 bits per heavy atom. The van der Waals surface area contributed by atoms with E-state index in [0.29, 0.717) is 11.6 Å². The molecule has 7 nitrogen and oxygen atoms in total. The number of aryl methyl sites for hydroxylation is 2. The third-order valence-electron chi connectivity index (χ3n) is 5.57. The molecule has 1 aliphatic rings. The van der Waals surface area contributed by atoms with Crippen LogP contribution < -0.4 is 0 Å². The van der Waals surface area contributed by atoms with E-state index in [-0.39, 0.29) is 5.91 Å². The van der Waals surface area contributed by atoms with Gasteiger partial charge < -0.3 is 9.47 Å². The van der Waals surface area contributed by atoms with Crippen molar-refractivity contribution in [2.75, 3.05) is 13.1 Å². The number of rotatable bonds is 4. The van der Waals surface area contributed by atoms with Gasteiger partial charge in [-0.15, -0.1) is 0 Å². The highest BCUT2D eigenvalue weighted by molar-refractivity contribution is 5.92. The molecule has 3 aromatic rings. The first kappa shape index (κ1) is 18.4. The fourth-order valence-corrected chi connectivity index (χ4v) is 3.88. The number of pyridine rings is 1.